The third-order valence-electron chi connectivity index (χ3n) is 1.83. The van der Waals surface area contributed by atoms with Gasteiger partial charge in [0.05, 0.1) is 19.1 Å². The van der Waals surface area contributed by atoms with Gasteiger partial charge in [-0.05, 0) is 6.07 Å². The lowest BCUT2D eigenvalue weighted by atomic mass is 10.3. The standard InChI is InChI=1S/C11H14N2O2/c1-2-5-13-11(14)3-6-12-8-10-4-7-15-9-10/h1,4,7,9,12H,3,5-6,8H2,(H,13,14). The van der Waals surface area contributed by atoms with Crippen LogP contribution in [0, 0.1) is 12.3 Å². The molecule has 0 unspecified atom stereocenters. The van der Waals surface area contributed by atoms with Gasteiger partial charge in [0.2, 0.25) is 5.91 Å². The number of nitrogens with one attached hydrogen (secondary N) is 2. The molecule has 0 radical (unpaired) electrons. The second-order valence-electron chi connectivity index (χ2n) is 3.04. The van der Waals surface area contributed by atoms with Gasteiger partial charge in [-0.1, -0.05) is 5.92 Å². The third kappa shape index (κ3) is 4.89. The molecular weight excluding hydrogens is 192 g/mol. The SMILES string of the molecule is C#CCNC(=O)CCNCc1ccoc1. The molecular formula is C11H14N2O2. The van der Waals surface area contributed by atoms with Gasteiger partial charge in [0.15, 0.2) is 0 Å². The number of hydrogen-bond acceptors (Lipinski definition) is 3. The van der Waals surface area contributed by atoms with Crippen molar-refractivity contribution >= 4 is 5.91 Å². The average molecular weight is 206 g/mol. The topological polar surface area (TPSA) is 54.3 Å². The summed E-state index contributed by atoms with van der Waals surface area (Å²) in [7, 11) is 0. The van der Waals surface area contributed by atoms with Crippen molar-refractivity contribution in [2.75, 3.05) is 13.1 Å². The average Bonchev–Trinajstić information content (AvgIpc) is 2.74. The second kappa shape index (κ2) is 6.68. The summed E-state index contributed by atoms with van der Waals surface area (Å²) in [6, 6.07) is 1.88. The fraction of sp³-hybridized carbons (Fsp3) is 0.364. The number of carbonyl (C=O) groups is 1. The van der Waals surface area contributed by atoms with E-state index in [0.29, 0.717) is 26.1 Å². The zero-order valence-corrected chi connectivity index (χ0v) is 8.45. The maximum atomic E-state index is 11.1. The van der Waals surface area contributed by atoms with Gasteiger partial charge in [-0.3, -0.25) is 4.79 Å². The minimum atomic E-state index is -0.0346. The Balaban J connectivity index is 2.02. The number of carbonyl (C=O) groups excluding carboxylic acids is 1. The summed E-state index contributed by atoms with van der Waals surface area (Å²) in [5, 5.41) is 5.72. The lowest BCUT2D eigenvalue weighted by molar-refractivity contribution is -0.120. The predicted molar refractivity (Wildman–Crippen MR) is 56.9 cm³/mol. The van der Waals surface area contributed by atoms with Gasteiger partial charge in [-0.2, -0.15) is 0 Å². The van der Waals surface area contributed by atoms with Gasteiger partial charge in [0, 0.05) is 25.1 Å². The lowest BCUT2D eigenvalue weighted by Crippen LogP contribution is -2.27. The van der Waals surface area contributed by atoms with E-state index in [0.717, 1.165) is 5.56 Å². The number of furan rings is 1. The number of amides is 1. The molecule has 1 aromatic heterocycles. The minimum absolute atomic E-state index is 0.0346. The number of rotatable bonds is 6. The highest BCUT2D eigenvalue weighted by Crippen LogP contribution is 1.98. The maximum Gasteiger partial charge on any atom is 0.222 e. The van der Waals surface area contributed by atoms with E-state index in [-0.39, 0.29) is 5.91 Å². The summed E-state index contributed by atoms with van der Waals surface area (Å²) in [5.41, 5.74) is 1.07. The first kappa shape index (κ1) is 11.3. The van der Waals surface area contributed by atoms with E-state index in [4.69, 9.17) is 10.8 Å². The lowest BCUT2D eigenvalue weighted by Gasteiger charge is -2.02. The quantitative estimate of drug-likeness (QED) is 0.526. The van der Waals surface area contributed by atoms with Crippen molar-refractivity contribution in [3.05, 3.63) is 24.2 Å². The van der Waals surface area contributed by atoms with Crippen LogP contribution < -0.4 is 10.6 Å². The molecule has 1 aromatic rings. The fourth-order valence-corrected chi connectivity index (χ4v) is 1.07. The Morgan fingerprint density at radius 3 is 3.13 bits per heavy atom. The Bertz CT molecular complexity index is 325. The van der Waals surface area contributed by atoms with E-state index >= 15 is 0 Å². The molecule has 0 bridgehead atoms. The first-order valence-corrected chi connectivity index (χ1v) is 4.75. The highest BCUT2D eigenvalue weighted by atomic mass is 16.3. The van der Waals surface area contributed by atoms with Crippen LogP contribution in [0.2, 0.25) is 0 Å². The van der Waals surface area contributed by atoms with Gasteiger partial charge in [0.25, 0.3) is 0 Å². The summed E-state index contributed by atoms with van der Waals surface area (Å²) in [6.45, 7) is 1.63. The van der Waals surface area contributed by atoms with E-state index in [1.807, 2.05) is 6.07 Å². The zero-order chi connectivity index (χ0) is 10.9. The molecule has 80 valence electrons. The Morgan fingerprint density at radius 2 is 2.47 bits per heavy atom. The van der Waals surface area contributed by atoms with Crippen molar-refractivity contribution in [2.24, 2.45) is 0 Å². The number of hydrogen-bond donors (Lipinski definition) is 2. The van der Waals surface area contributed by atoms with Crippen LogP contribution in [0.5, 0.6) is 0 Å². The molecule has 0 saturated heterocycles. The van der Waals surface area contributed by atoms with Crippen LogP contribution >= 0.6 is 0 Å². The van der Waals surface area contributed by atoms with Crippen molar-refractivity contribution in [3.63, 3.8) is 0 Å². The minimum Gasteiger partial charge on any atom is -0.472 e. The Kier molecular flexibility index (Phi) is 5.06. The van der Waals surface area contributed by atoms with Crippen molar-refractivity contribution in [1.29, 1.82) is 0 Å². The van der Waals surface area contributed by atoms with E-state index < -0.39 is 0 Å². The molecule has 0 spiro atoms. The van der Waals surface area contributed by atoms with Gasteiger partial charge in [-0.25, -0.2) is 0 Å². The van der Waals surface area contributed by atoms with E-state index in [9.17, 15) is 4.79 Å². The first-order valence-electron chi connectivity index (χ1n) is 4.75. The van der Waals surface area contributed by atoms with Crippen LogP contribution in [0.3, 0.4) is 0 Å². The van der Waals surface area contributed by atoms with Crippen molar-refractivity contribution in [3.8, 4) is 12.3 Å². The molecule has 1 heterocycles. The van der Waals surface area contributed by atoms with Crippen LogP contribution in [0.15, 0.2) is 23.0 Å². The normalized spacial score (nSPS) is 9.53. The molecule has 0 saturated carbocycles. The predicted octanol–water partition coefficient (Wildman–Crippen LogP) is 0.509. The van der Waals surface area contributed by atoms with Gasteiger partial charge in [0.1, 0.15) is 0 Å². The molecule has 4 heteroatoms. The Morgan fingerprint density at radius 1 is 1.60 bits per heavy atom. The summed E-state index contributed by atoms with van der Waals surface area (Å²) in [4.78, 5) is 11.1. The largest absolute Gasteiger partial charge is 0.472 e. The molecule has 1 amide bonds. The van der Waals surface area contributed by atoms with Crippen LogP contribution in [0.1, 0.15) is 12.0 Å². The Hall–Kier alpha value is -1.73. The molecule has 0 aliphatic rings. The van der Waals surface area contributed by atoms with Crippen molar-refractivity contribution < 1.29 is 9.21 Å². The summed E-state index contributed by atoms with van der Waals surface area (Å²) >= 11 is 0. The van der Waals surface area contributed by atoms with Crippen LogP contribution in [-0.4, -0.2) is 19.0 Å². The summed E-state index contributed by atoms with van der Waals surface area (Å²) in [5.74, 6) is 2.31. The van der Waals surface area contributed by atoms with E-state index in [1.54, 1.807) is 12.5 Å². The van der Waals surface area contributed by atoms with Crippen LogP contribution in [0.4, 0.5) is 0 Å². The molecule has 2 N–H and O–H groups in total. The molecule has 0 aliphatic carbocycles. The monoisotopic (exact) mass is 206 g/mol. The summed E-state index contributed by atoms with van der Waals surface area (Å²) < 4.78 is 4.90. The van der Waals surface area contributed by atoms with Gasteiger partial charge >= 0.3 is 0 Å². The van der Waals surface area contributed by atoms with Gasteiger partial charge < -0.3 is 15.1 Å². The molecule has 4 nitrogen and oxygen atoms in total. The molecule has 0 atom stereocenters. The molecule has 0 aliphatic heterocycles. The number of terminal acetylenes is 1. The fourth-order valence-electron chi connectivity index (χ4n) is 1.07. The van der Waals surface area contributed by atoms with E-state index in [2.05, 4.69) is 16.6 Å². The molecule has 0 aromatic carbocycles. The van der Waals surface area contributed by atoms with Crippen LogP contribution in [-0.2, 0) is 11.3 Å². The first-order chi connectivity index (χ1) is 7.33. The summed E-state index contributed by atoms with van der Waals surface area (Å²) in [6.07, 6.45) is 8.73. The van der Waals surface area contributed by atoms with Crippen molar-refractivity contribution in [1.82, 2.24) is 10.6 Å². The molecule has 0 fully saturated rings. The smallest absolute Gasteiger partial charge is 0.222 e. The highest BCUT2D eigenvalue weighted by molar-refractivity contribution is 5.76. The maximum absolute atomic E-state index is 11.1. The molecule has 1 rings (SSSR count). The third-order valence-corrected chi connectivity index (χ3v) is 1.83. The Labute approximate surface area is 89.0 Å². The second-order valence-corrected chi connectivity index (χ2v) is 3.04. The van der Waals surface area contributed by atoms with E-state index in [1.165, 1.54) is 0 Å². The van der Waals surface area contributed by atoms with Crippen molar-refractivity contribution in [2.45, 2.75) is 13.0 Å². The zero-order valence-electron chi connectivity index (χ0n) is 8.45. The van der Waals surface area contributed by atoms with Crippen LogP contribution in [0.25, 0.3) is 0 Å². The highest BCUT2D eigenvalue weighted by Gasteiger charge is 1.99. The molecule has 15 heavy (non-hydrogen) atoms. The van der Waals surface area contributed by atoms with Gasteiger partial charge in [-0.15, -0.1) is 6.42 Å².